The van der Waals surface area contributed by atoms with Crippen LogP contribution in [0.3, 0.4) is 0 Å². The summed E-state index contributed by atoms with van der Waals surface area (Å²) < 4.78 is 11.0. The number of pyridine rings is 1. The first-order valence-corrected chi connectivity index (χ1v) is 6.66. The molecule has 4 heteroatoms. The van der Waals surface area contributed by atoms with Gasteiger partial charge in [0.05, 0.1) is 12.9 Å². The lowest BCUT2D eigenvalue weighted by atomic mass is 10.2. The topological polar surface area (TPSA) is 47.3 Å². The van der Waals surface area contributed by atoms with Crippen LogP contribution in [-0.2, 0) is 6.42 Å². The van der Waals surface area contributed by atoms with E-state index in [9.17, 15) is 0 Å². The number of nitrogens with one attached hydrogen (secondary N) is 1. The summed E-state index contributed by atoms with van der Waals surface area (Å²) in [5, 5.41) is 3.36. The van der Waals surface area contributed by atoms with E-state index < -0.39 is 0 Å². The van der Waals surface area contributed by atoms with Gasteiger partial charge in [0.15, 0.2) is 11.6 Å². The van der Waals surface area contributed by atoms with E-state index in [1.165, 1.54) is 0 Å². The lowest BCUT2D eigenvalue weighted by molar-refractivity contribution is 0.317. The average molecular weight is 260 g/mol. The number of hydrogen-bond donors (Lipinski definition) is 1. The Balaban J connectivity index is 1.97. The second-order valence-corrected chi connectivity index (χ2v) is 4.53. The van der Waals surface area contributed by atoms with Crippen molar-refractivity contribution in [2.45, 2.75) is 32.7 Å². The third kappa shape index (κ3) is 4.02. The van der Waals surface area contributed by atoms with Crippen LogP contribution in [0.1, 0.15) is 26.0 Å². The van der Waals surface area contributed by atoms with E-state index >= 15 is 0 Å². The Labute approximate surface area is 113 Å². The van der Waals surface area contributed by atoms with Gasteiger partial charge in [0.1, 0.15) is 5.76 Å². The maximum Gasteiger partial charge on any atom is 0.168 e. The van der Waals surface area contributed by atoms with Crippen molar-refractivity contribution in [1.29, 1.82) is 0 Å². The molecule has 1 unspecified atom stereocenters. The molecule has 2 aromatic heterocycles. The van der Waals surface area contributed by atoms with Gasteiger partial charge < -0.3 is 14.5 Å². The number of anilines is 1. The first-order valence-electron chi connectivity index (χ1n) is 6.66. The second-order valence-electron chi connectivity index (χ2n) is 4.53. The average Bonchev–Trinajstić information content (AvgIpc) is 2.90. The Morgan fingerprint density at radius 3 is 3.00 bits per heavy atom. The summed E-state index contributed by atoms with van der Waals surface area (Å²) in [4.78, 5) is 4.33. The highest BCUT2D eigenvalue weighted by Crippen LogP contribution is 2.22. The van der Waals surface area contributed by atoms with Crippen LogP contribution in [0.15, 0.2) is 41.1 Å². The first-order chi connectivity index (χ1) is 9.29. The number of furan rings is 1. The van der Waals surface area contributed by atoms with Crippen LogP contribution in [0.4, 0.5) is 5.82 Å². The Hall–Kier alpha value is -1.97. The zero-order valence-corrected chi connectivity index (χ0v) is 11.4. The maximum atomic E-state index is 5.67. The SMILES string of the molecule is CCCOc1cccnc1NC(C)Cc1ccco1. The van der Waals surface area contributed by atoms with Gasteiger partial charge in [-0.05, 0) is 37.6 Å². The number of ether oxygens (including phenoxy) is 1. The van der Waals surface area contributed by atoms with Gasteiger partial charge in [-0.1, -0.05) is 6.92 Å². The van der Waals surface area contributed by atoms with Crippen molar-refractivity contribution in [3.63, 3.8) is 0 Å². The molecule has 1 atom stereocenters. The first kappa shape index (κ1) is 13.5. The van der Waals surface area contributed by atoms with Gasteiger partial charge in [-0.25, -0.2) is 4.98 Å². The van der Waals surface area contributed by atoms with Gasteiger partial charge in [0.25, 0.3) is 0 Å². The van der Waals surface area contributed by atoms with Crippen LogP contribution in [-0.4, -0.2) is 17.6 Å². The van der Waals surface area contributed by atoms with Gasteiger partial charge in [-0.15, -0.1) is 0 Å². The molecule has 4 nitrogen and oxygen atoms in total. The zero-order valence-electron chi connectivity index (χ0n) is 11.4. The molecule has 0 aliphatic rings. The van der Waals surface area contributed by atoms with Crippen LogP contribution in [0.2, 0.25) is 0 Å². The van der Waals surface area contributed by atoms with Crippen molar-refractivity contribution >= 4 is 5.82 Å². The molecule has 0 aromatic carbocycles. The van der Waals surface area contributed by atoms with E-state index in [0.717, 1.165) is 30.2 Å². The third-order valence-electron chi connectivity index (χ3n) is 2.70. The van der Waals surface area contributed by atoms with Crippen molar-refractivity contribution in [3.8, 4) is 5.75 Å². The molecule has 0 aliphatic heterocycles. The minimum atomic E-state index is 0.227. The van der Waals surface area contributed by atoms with Crippen LogP contribution in [0, 0.1) is 0 Å². The number of nitrogens with zero attached hydrogens (tertiary/aromatic N) is 1. The van der Waals surface area contributed by atoms with E-state index in [1.54, 1.807) is 12.5 Å². The van der Waals surface area contributed by atoms with E-state index in [0.29, 0.717) is 6.61 Å². The minimum absolute atomic E-state index is 0.227. The van der Waals surface area contributed by atoms with Crippen molar-refractivity contribution < 1.29 is 9.15 Å². The monoisotopic (exact) mass is 260 g/mol. The Morgan fingerprint density at radius 2 is 2.26 bits per heavy atom. The normalized spacial score (nSPS) is 12.1. The number of aromatic nitrogens is 1. The molecule has 0 bridgehead atoms. The molecule has 0 radical (unpaired) electrons. The molecule has 2 rings (SSSR count). The van der Waals surface area contributed by atoms with Crippen LogP contribution < -0.4 is 10.1 Å². The third-order valence-corrected chi connectivity index (χ3v) is 2.70. The summed E-state index contributed by atoms with van der Waals surface area (Å²) in [5.74, 6) is 2.55. The second kappa shape index (κ2) is 6.83. The fourth-order valence-electron chi connectivity index (χ4n) is 1.84. The molecule has 0 amide bonds. The van der Waals surface area contributed by atoms with E-state index in [-0.39, 0.29) is 6.04 Å². The maximum absolute atomic E-state index is 5.67. The molecular weight excluding hydrogens is 240 g/mol. The molecular formula is C15H20N2O2. The quantitative estimate of drug-likeness (QED) is 0.827. The molecule has 1 N–H and O–H groups in total. The predicted molar refractivity (Wildman–Crippen MR) is 75.5 cm³/mol. The predicted octanol–water partition coefficient (Wildman–Crippen LogP) is 3.51. The summed E-state index contributed by atoms with van der Waals surface area (Å²) in [6.07, 6.45) is 5.26. The summed E-state index contributed by atoms with van der Waals surface area (Å²) in [7, 11) is 0. The fraction of sp³-hybridized carbons (Fsp3) is 0.400. The van der Waals surface area contributed by atoms with Crippen LogP contribution in [0.5, 0.6) is 5.75 Å². The van der Waals surface area contributed by atoms with E-state index in [4.69, 9.17) is 9.15 Å². The fourth-order valence-corrected chi connectivity index (χ4v) is 1.84. The Bertz CT molecular complexity index is 483. The molecule has 0 saturated carbocycles. The molecule has 0 fully saturated rings. The Kier molecular flexibility index (Phi) is 4.84. The lowest BCUT2D eigenvalue weighted by Crippen LogP contribution is -2.19. The van der Waals surface area contributed by atoms with Crippen LogP contribution >= 0.6 is 0 Å². The largest absolute Gasteiger partial charge is 0.490 e. The van der Waals surface area contributed by atoms with Gasteiger partial charge in [0, 0.05) is 18.7 Å². The summed E-state index contributed by atoms with van der Waals surface area (Å²) in [5.41, 5.74) is 0. The highest BCUT2D eigenvalue weighted by molar-refractivity contribution is 5.50. The molecule has 0 aliphatic carbocycles. The van der Waals surface area contributed by atoms with E-state index in [2.05, 4.69) is 24.1 Å². The molecule has 2 heterocycles. The Morgan fingerprint density at radius 1 is 1.37 bits per heavy atom. The lowest BCUT2D eigenvalue weighted by Gasteiger charge is -2.16. The van der Waals surface area contributed by atoms with Crippen molar-refractivity contribution in [1.82, 2.24) is 4.98 Å². The number of rotatable bonds is 7. The van der Waals surface area contributed by atoms with Gasteiger partial charge in [-0.3, -0.25) is 0 Å². The van der Waals surface area contributed by atoms with Gasteiger partial charge in [-0.2, -0.15) is 0 Å². The summed E-state index contributed by atoms with van der Waals surface area (Å²) >= 11 is 0. The highest BCUT2D eigenvalue weighted by atomic mass is 16.5. The summed E-state index contributed by atoms with van der Waals surface area (Å²) in [6, 6.07) is 7.92. The molecule has 0 saturated heterocycles. The van der Waals surface area contributed by atoms with Gasteiger partial charge >= 0.3 is 0 Å². The molecule has 102 valence electrons. The van der Waals surface area contributed by atoms with Gasteiger partial charge in [0.2, 0.25) is 0 Å². The minimum Gasteiger partial charge on any atom is -0.490 e. The number of hydrogen-bond acceptors (Lipinski definition) is 4. The van der Waals surface area contributed by atoms with Crippen molar-refractivity contribution in [2.75, 3.05) is 11.9 Å². The standard InChI is InChI=1S/C15H20N2O2/c1-3-9-19-14-7-4-8-16-15(14)17-12(2)11-13-6-5-10-18-13/h4-8,10,12H,3,9,11H2,1-2H3,(H,16,17). The van der Waals surface area contributed by atoms with Crippen molar-refractivity contribution in [3.05, 3.63) is 42.5 Å². The smallest absolute Gasteiger partial charge is 0.168 e. The highest BCUT2D eigenvalue weighted by Gasteiger charge is 2.10. The van der Waals surface area contributed by atoms with E-state index in [1.807, 2.05) is 24.3 Å². The summed E-state index contributed by atoms with van der Waals surface area (Å²) in [6.45, 7) is 4.89. The molecule has 19 heavy (non-hydrogen) atoms. The zero-order chi connectivity index (χ0) is 13.5. The van der Waals surface area contributed by atoms with Crippen LogP contribution in [0.25, 0.3) is 0 Å². The van der Waals surface area contributed by atoms with Crippen molar-refractivity contribution in [2.24, 2.45) is 0 Å². The molecule has 2 aromatic rings. The molecule has 0 spiro atoms.